The van der Waals surface area contributed by atoms with E-state index in [1.807, 2.05) is 10.3 Å². The van der Waals surface area contributed by atoms with Gasteiger partial charge in [-0.3, -0.25) is 9.59 Å². The number of benzene rings is 1. The van der Waals surface area contributed by atoms with Gasteiger partial charge in [-0.05, 0) is 49.3 Å². The van der Waals surface area contributed by atoms with Crippen molar-refractivity contribution < 1.29 is 9.59 Å². The predicted octanol–water partition coefficient (Wildman–Crippen LogP) is 3.25. The Bertz CT molecular complexity index is 887. The molecule has 0 bridgehead atoms. The Kier molecular flexibility index (Phi) is 3.81. The van der Waals surface area contributed by atoms with E-state index in [0.29, 0.717) is 24.1 Å². The number of thiazole rings is 1. The zero-order valence-corrected chi connectivity index (χ0v) is 15.3. The molecular formula is C20H21N3O2S. The Hall–Kier alpha value is -2.21. The number of hydrogen-bond donors (Lipinski definition) is 1. The van der Waals surface area contributed by atoms with Crippen molar-refractivity contribution in [2.45, 2.75) is 44.6 Å². The summed E-state index contributed by atoms with van der Waals surface area (Å²) in [7, 11) is 0. The molecule has 1 saturated carbocycles. The first-order valence-corrected chi connectivity index (χ1v) is 10.2. The number of aryl methyl sites for hydroxylation is 2. The molecule has 2 amide bonds. The second-order valence-electron chi connectivity index (χ2n) is 7.54. The zero-order valence-electron chi connectivity index (χ0n) is 14.5. The highest BCUT2D eigenvalue weighted by molar-refractivity contribution is 7.14. The summed E-state index contributed by atoms with van der Waals surface area (Å²) in [5.41, 5.74) is 4.88. The predicted molar refractivity (Wildman–Crippen MR) is 101 cm³/mol. The number of anilines is 1. The minimum Gasteiger partial charge on any atom is -0.339 e. The van der Waals surface area contributed by atoms with Gasteiger partial charge < -0.3 is 10.2 Å². The fourth-order valence-electron chi connectivity index (χ4n) is 4.05. The second kappa shape index (κ2) is 6.20. The molecule has 5 nitrogen and oxygen atoms in total. The molecule has 26 heavy (non-hydrogen) atoms. The van der Waals surface area contributed by atoms with Gasteiger partial charge >= 0.3 is 0 Å². The molecule has 0 spiro atoms. The Balaban J connectivity index is 1.27. The first-order chi connectivity index (χ1) is 12.7. The number of likely N-dealkylation sites (tertiary alicyclic amines) is 1. The van der Waals surface area contributed by atoms with E-state index in [2.05, 4.69) is 28.5 Å². The normalized spacial score (nSPS) is 21.9. The number of amides is 2. The van der Waals surface area contributed by atoms with Gasteiger partial charge in [-0.2, -0.15) is 0 Å². The Morgan fingerprint density at radius 2 is 2.08 bits per heavy atom. The molecule has 2 aliphatic carbocycles. The summed E-state index contributed by atoms with van der Waals surface area (Å²) in [6, 6.07) is 6.93. The van der Waals surface area contributed by atoms with Crippen molar-refractivity contribution in [1.29, 1.82) is 0 Å². The largest absolute Gasteiger partial charge is 0.339 e. The fourth-order valence-corrected chi connectivity index (χ4v) is 4.77. The van der Waals surface area contributed by atoms with Gasteiger partial charge in [-0.25, -0.2) is 4.98 Å². The molecule has 6 heteroatoms. The van der Waals surface area contributed by atoms with Crippen molar-refractivity contribution in [1.82, 2.24) is 9.88 Å². The third-order valence-corrected chi connectivity index (χ3v) is 6.40. The van der Waals surface area contributed by atoms with Crippen molar-refractivity contribution in [3.63, 3.8) is 0 Å². The summed E-state index contributed by atoms with van der Waals surface area (Å²) in [5, 5.41) is 5.52. The minimum absolute atomic E-state index is 0.0867. The lowest BCUT2D eigenvalue weighted by Gasteiger charge is -2.14. The first-order valence-electron chi connectivity index (χ1n) is 9.35. The molecule has 0 radical (unpaired) electrons. The number of aromatic nitrogens is 1. The van der Waals surface area contributed by atoms with Crippen molar-refractivity contribution >= 4 is 28.3 Å². The van der Waals surface area contributed by atoms with Crippen LogP contribution in [0.3, 0.4) is 0 Å². The lowest BCUT2D eigenvalue weighted by Crippen LogP contribution is -2.29. The van der Waals surface area contributed by atoms with Gasteiger partial charge in [0.15, 0.2) is 5.13 Å². The molecule has 2 heterocycles. The van der Waals surface area contributed by atoms with Gasteiger partial charge in [0.05, 0.1) is 11.6 Å². The molecule has 134 valence electrons. The molecule has 2 fully saturated rings. The van der Waals surface area contributed by atoms with Crippen LogP contribution >= 0.6 is 11.3 Å². The van der Waals surface area contributed by atoms with Crippen LogP contribution < -0.4 is 5.32 Å². The quantitative estimate of drug-likeness (QED) is 0.902. The Morgan fingerprint density at radius 3 is 2.92 bits per heavy atom. The van der Waals surface area contributed by atoms with E-state index in [-0.39, 0.29) is 17.7 Å². The van der Waals surface area contributed by atoms with Crippen LogP contribution in [0.1, 0.15) is 36.8 Å². The average Bonchev–Trinajstić information content (AvgIpc) is 3.05. The van der Waals surface area contributed by atoms with Crippen LogP contribution in [0.25, 0.3) is 11.3 Å². The third kappa shape index (κ3) is 2.92. The fraction of sp³-hybridized carbons (Fsp3) is 0.450. The number of carbonyl (C=O) groups excluding carboxylic acids is 2. The highest BCUT2D eigenvalue weighted by Crippen LogP contribution is 2.34. The highest BCUT2D eigenvalue weighted by atomic mass is 32.1. The van der Waals surface area contributed by atoms with Crippen LogP contribution in [-0.2, 0) is 22.4 Å². The maximum Gasteiger partial charge on any atom is 0.231 e. The third-order valence-electron chi connectivity index (χ3n) is 5.65. The smallest absolute Gasteiger partial charge is 0.231 e. The van der Waals surface area contributed by atoms with Crippen LogP contribution in [-0.4, -0.2) is 34.3 Å². The van der Waals surface area contributed by atoms with Crippen LogP contribution in [0.2, 0.25) is 0 Å². The molecule has 0 unspecified atom stereocenters. The summed E-state index contributed by atoms with van der Waals surface area (Å²) in [6.07, 6.45) is 6.03. The minimum atomic E-state index is -0.254. The lowest BCUT2D eigenvalue weighted by atomic mass is 10.1. The number of rotatable bonds is 4. The number of hydrogen-bond acceptors (Lipinski definition) is 4. The average molecular weight is 367 g/mol. The first kappa shape index (κ1) is 16.0. The van der Waals surface area contributed by atoms with E-state index in [4.69, 9.17) is 0 Å². The maximum atomic E-state index is 12.5. The summed E-state index contributed by atoms with van der Waals surface area (Å²) < 4.78 is 0. The molecule has 1 aliphatic heterocycles. The topological polar surface area (TPSA) is 62.3 Å². The van der Waals surface area contributed by atoms with Crippen molar-refractivity contribution in [2.24, 2.45) is 5.92 Å². The van der Waals surface area contributed by atoms with Crippen molar-refractivity contribution in [3.05, 3.63) is 34.7 Å². The molecule has 5 rings (SSSR count). The van der Waals surface area contributed by atoms with Gasteiger partial charge in [0, 0.05) is 30.0 Å². The SMILES string of the molecule is O=C(Nc1nc(-c2ccc3c(c2)CCC3)cs1)[C@@H]1CC(=O)N(C2CC2)C1. The lowest BCUT2D eigenvalue weighted by molar-refractivity contribution is -0.128. The van der Waals surface area contributed by atoms with Gasteiger partial charge in [0.2, 0.25) is 11.8 Å². The van der Waals surface area contributed by atoms with Crippen molar-refractivity contribution in [3.8, 4) is 11.3 Å². The molecule has 2 aromatic rings. The molecular weight excluding hydrogens is 346 g/mol. The van der Waals surface area contributed by atoms with E-state index in [0.717, 1.165) is 30.5 Å². The number of nitrogens with zero attached hydrogens (tertiary/aromatic N) is 2. The molecule has 1 aromatic heterocycles. The molecule has 3 aliphatic rings. The summed E-state index contributed by atoms with van der Waals surface area (Å²) in [5.74, 6) is -0.225. The van der Waals surface area contributed by atoms with Gasteiger partial charge in [-0.1, -0.05) is 12.1 Å². The van der Waals surface area contributed by atoms with E-state index in [9.17, 15) is 9.59 Å². The van der Waals surface area contributed by atoms with Gasteiger partial charge in [0.25, 0.3) is 0 Å². The van der Waals surface area contributed by atoms with Crippen LogP contribution in [0.15, 0.2) is 23.6 Å². The zero-order chi connectivity index (χ0) is 17.7. The summed E-state index contributed by atoms with van der Waals surface area (Å²) in [6.45, 7) is 0.554. The number of nitrogens with one attached hydrogen (secondary N) is 1. The number of fused-ring (bicyclic) bond motifs is 1. The van der Waals surface area contributed by atoms with Gasteiger partial charge in [-0.15, -0.1) is 11.3 Å². The second-order valence-corrected chi connectivity index (χ2v) is 8.40. The molecule has 1 aromatic carbocycles. The summed E-state index contributed by atoms with van der Waals surface area (Å²) >= 11 is 1.44. The van der Waals surface area contributed by atoms with E-state index in [1.54, 1.807) is 0 Å². The maximum absolute atomic E-state index is 12.5. The highest BCUT2D eigenvalue weighted by Gasteiger charge is 2.41. The Labute approximate surface area is 156 Å². The van der Waals surface area contributed by atoms with E-state index >= 15 is 0 Å². The van der Waals surface area contributed by atoms with E-state index < -0.39 is 0 Å². The van der Waals surface area contributed by atoms with Crippen LogP contribution in [0.4, 0.5) is 5.13 Å². The monoisotopic (exact) mass is 367 g/mol. The van der Waals surface area contributed by atoms with Crippen LogP contribution in [0, 0.1) is 5.92 Å². The standard InChI is InChI=1S/C20H21N3O2S/c24-18-9-15(10-23(18)16-6-7-16)19(25)22-20-21-17(11-26-20)14-5-4-12-2-1-3-13(12)8-14/h4-5,8,11,15-16H,1-3,6-7,9-10H2,(H,21,22,25)/t15-/m1/s1. The summed E-state index contributed by atoms with van der Waals surface area (Å²) in [4.78, 5) is 31.0. The van der Waals surface area contributed by atoms with Crippen molar-refractivity contribution in [2.75, 3.05) is 11.9 Å². The molecule has 1 saturated heterocycles. The van der Waals surface area contributed by atoms with Gasteiger partial charge in [0.1, 0.15) is 0 Å². The number of carbonyl (C=O) groups is 2. The van der Waals surface area contributed by atoms with E-state index in [1.165, 1.54) is 35.3 Å². The Morgan fingerprint density at radius 1 is 1.23 bits per heavy atom. The van der Waals surface area contributed by atoms with Crippen LogP contribution in [0.5, 0.6) is 0 Å². The molecule has 1 N–H and O–H groups in total. The molecule has 1 atom stereocenters.